The zero-order valence-electron chi connectivity index (χ0n) is 5.02. The van der Waals surface area contributed by atoms with Gasteiger partial charge in [-0.3, -0.25) is 4.99 Å². The van der Waals surface area contributed by atoms with Crippen LogP contribution in [-0.2, 0) is 0 Å². The van der Waals surface area contributed by atoms with Crippen molar-refractivity contribution >= 4 is 16.0 Å². The highest BCUT2D eigenvalue weighted by Crippen LogP contribution is 2.07. The SMILES string of the molecule is C=N/C(P)=C\C(=C)C. The Labute approximate surface area is 52.4 Å². The number of rotatable bonds is 2. The number of hydrogen-bond donors (Lipinski definition) is 0. The zero-order chi connectivity index (χ0) is 6.57. The first-order valence-electron chi connectivity index (χ1n) is 2.26. The first-order valence-corrected chi connectivity index (χ1v) is 2.84. The third-order valence-electron chi connectivity index (χ3n) is 0.577. The summed E-state index contributed by atoms with van der Waals surface area (Å²) in [4.78, 5) is 3.64. The van der Waals surface area contributed by atoms with E-state index in [1.807, 2.05) is 13.0 Å². The summed E-state index contributed by atoms with van der Waals surface area (Å²) in [5, 5.41) is 0. The van der Waals surface area contributed by atoms with Gasteiger partial charge in [0.05, 0.1) is 5.44 Å². The molecule has 0 aliphatic carbocycles. The fourth-order valence-electron chi connectivity index (χ4n) is 0.298. The smallest absolute Gasteiger partial charge is 0.0564 e. The van der Waals surface area contributed by atoms with Gasteiger partial charge in [0, 0.05) is 0 Å². The molecule has 0 radical (unpaired) electrons. The van der Waals surface area contributed by atoms with Gasteiger partial charge in [0.15, 0.2) is 0 Å². The van der Waals surface area contributed by atoms with E-state index in [1.54, 1.807) is 0 Å². The van der Waals surface area contributed by atoms with Crippen molar-refractivity contribution < 1.29 is 0 Å². The largest absolute Gasteiger partial charge is 0.265 e. The van der Waals surface area contributed by atoms with Gasteiger partial charge in [-0.1, -0.05) is 21.4 Å². The van der Waals surface area contributed by atoms with E-state index in [0.717, 1.165) is 11.0 Å². The third-order valence-corrected chi connectivity index (χ3v) is 0.926. The quantitative estimate of drug-likeness (QED) is 0.305. The van der Waals surface area contributed by atoms with E-state index in [0.29, 0.717) is 0 Å². The highest BCUT2D eigenvalue weighted by Gasteiger charge is 1.78. The summed E-state index contributed by atoms with van der Waals surface area (Å²) in [5.74, 6) is 0. The zero-order valence-corrected chi connectivity index (χ0v) is 6.17. The molecular formula is C6H10NP. The molecule has 0 aliphatic heterocycles. The summed E-state index contributed by atoms with van der Waals surface area (Å²) in [7, 11) is 2.45. The molecule has 0 saturated heterocycles. The minimum atomic E-state index is 0.831. The van der Waals surface area contributed by atoms with E-state index in [9.17, 15) is 0 Å². The molecule has 0 aromatic carbocycles. The standard InChI is InChI=1S/C6H10NP/c1-5(2)4-6(8)7-3/h4H,1,3,8H2,2H3/b6-4+. The molecule has 44 valence electrons. The molecule has 1 nitrogen and oxygen atoms in total. The summed E-state index contributed by atoms with van der Waals surface area (Å²) in [6, 6.07) is 0. The molecule has 0 amide bonds. The highest BCUT2D eigenvalue weighted by molar-refractivity contribution is 7.22. The summed E-state index contributed by atoms with van der Waals surface area (Å²) >= 11 is 0. The summed E-state index contributed by atoms with van der Waals surface area (Å²) in [6.45, 7) is 8.91. The number of hydrogen-bond acceptors (Lipinski definition) is 1. The molecule has 0 spiro atoms. The average Bonchev–Trinajstić information content (AvgIpc) is 1.65. The number of nitrogens with zero attached hydrogens (tertiary/aromatic N) is 1. The van der Waals surface area contributed by atoms with Gasteiger partial charge in [0.1, 0.15) is 0 Å². The molecule has 1 atom stereocenters. The third kappa shape index (κ3) is 3.76. The van der Waals surface area contributed by atoms with Gasteiger partial charge in [0.2, 0.25) is 0 Å². The van der Waals surface area contributed by atoms with Crippen LogP contribution in [0.1, 0.15) is 6.92 Å². The average molecular weight is 127 g/mol. The molecular weight excluding hydrogens is 117 g/mol. The van der Waals surface area contributed by atoms with Crippen LogP contribution in [0.25, 0.3) is 0 Å². The minimum Gasteiger partial charge on any atom is -0.265 e. The normalized spacial score (nSPS) is 11.0. The topological polar surface area (TPSA) is 12.4 Å². The van der Waals surface area contributed by atoms with E-state index in [4.69, 9.17) is 0 Å². The van der Waals surface area contributed by atoms with Crippen LogP contribution < -0.4 is 0 Å². The van der Waals surface area contributed by atoms with Gasteiger partial charge in [-0.25, -0.2) is 0 Å². The van der Waals surface area contributed by atoms with Crippen LogP contribution in [0.15, 0.2) is 28.7 Å². The first-order chi connectivity index (χ1) is 3.66. The van der Waals surface area contributed by atoms with Crippen molar-refractivity contribution in [3.05, 3.63) is 23.7 Å². The van der Waals surface area contributed by atoms with Crippen LogP contribution in [-0.4, -0.2) is 6.72 Å². The lowest BCUT2D eigenvalue weighted by atomic mass is 10.3. The monoisotopic (exact) mass is 127 g/mol. The predicted octanol–water partition coefficient (Wildman–Crippen LogP) is 1.98. The van der Waals surface area contributed by atoms with E-state index in [-0.39, 0.29) is 0 Å². The molecule has 8 heavy (non-hydrogen) atoms. The Balaban J connectivity index is 3.94. The molecule has 0 heterocycles. The van der Waals surface area contributed by atoms with E-state index in [2.05, 4.69) is 27.5 Å². The minimum absolute atomic E-state index is 0.831. The summed E-state index contributed by atoms with van der Waals surface area (Å²) < 4.78 is 0. The van der Waals surface area contributed by atoms with Gasteiger partial charge in [-0.15, -0.1) is 0 Å². The van der Waals surface area contributed by atoms with Crippen molar-refractivity contribution in [2.75, 3.05) is 0 Å². The van der Waals surface area contributed by atoms with E-state index >= 15 is 0 Å². The fourth-order valence-corrected chi connectivity index (χ4v) is 0.583. The van der Waals surface area contributed by atoms with Gasteiger partial charge in [-0.2, -0.15) is 0 Å². The Kier molecular flexibility index (Phi) is 3.38. The second-order valence-corrected chi connectivity index (χ2v) is 2.17. The maximum atomic E-state index is 3.67. The van der Waals surface area contributed by atoms with E-state index < -0.39 is 0 Å². The van der Waals surface area contributed by atoms with Gasteiger partial charge < -0.3 is 0 Å². The van der Waals surface area contributed by atoms with Crippen molar-refractivity contribution in [3.63, 3.8) is 0 Å². The van der Waals surface area contributed by atoms with Crippen molar-refractivity contribution in [2.24, 2.45) is 4.99 Å². The lowest BCUT2D eigenvalue weighted by Gasteiger charge is -1.87. The molecule has 0 saturated carbocycles. The van der Waals surface area contributed by atoms with Crippen molar-refractivity contribution in [1.82, 2.24) is 0 Å². The van der Waals surface area contributed by atoms with Crippen LogP contribution in [0, 0.1) is 0 Å². The van der Waals surface area contributed by atoms with Crippen molar-refractivity contribution in [2.45, 2.75) is 6.92 Å². The molecule has 0 bridgehead atoms. The Bertz CT molecular complexity index is 135. The Morgan fingerprint density at radius 3 is 2.38 bits per heavy atom. The molecule has 0 aromatic rings. The van der Waals surface area contributed by atoms with Crippen LogP contribution in [0.3, 0.4) is 0 Å². The van der Waals surface area contributed by atoms with Crippen LogP contribution in [0.4, 0.5) is 0 Å². The Hall–Kier alpha value is -0.420. The van der Waals surface area contributed by atoms with Crippen molar-refractivity contribution in [3.8, 4) is 0 Å². The van der Waals surface area contributed by atoms with Crippen LogP contribution >= 0.6 is 9.24 Å². The second kappa shape index (κ2) is 3.57. The molecule has 0 N–H and O–H groups in total. The second-order valence-electron chi connectivity index (χ2n) is 1.57. The summed E-state index contributed by atoms with van der Waals surface area (Å²) in [5.41, 5.74) is 1.82. The molecule has 1 unspecified atom stereocenters. The fraction of sp³-hybridized carbons (Fsp3) is 0.167. The maximum absolute atomic E-state index is 3.67. The highest BCUT2D eigenvalue weighted by atomic mass is 31.0. The molecule has 0 fully saturated rings. The predicted molar refractivity (Wildman–Crippen MR) is 42.2 cm³/mol. The van der Waals surface area contributed by atoms with E-state index in [1.165, 1.54) is 0 Å². The van der Waals surface area contributed by atoms with Crippen LogP contribution in [0.5, 0.6) is 0 Å². The molecule has 2 heteroatoms. The van der Waals surface area contributed by atoms with Crippen molar-refractivity contribution in [1.29, 1.82) is 0 Å². The van der Waals surface area contributed by atoms with Gasteiger partial charge >= 0.3 is 0 Å². The molecule has 0 rings (SSSR count). The number of aliphatic imine (C=N–C) groups is 1. The Morgan fingerprint density at radius 1 is 1.75 bits per heavy atom. The maximum Gasteiger partial charge on any atom is 0.0564 e. The lowest BCUT2D eigenvalue weighted by Crippen LogP contribution is -1.63. The van der Waals surface area contributed by atoms with Gasteiger partial charge in [0.25, 0.3) is 0 Å². The first kappa shape index (κ1) is 7.58. The summed E-state index contributed by atoms with van der Waals surface area (Å²) in [6.07, 6.45) is 1.84. The number of allylic oxidation sites excluding steroid dienone is 2. The Morgan fingerprint density at radius 2 is 2.25 bits per heavy atom. The lowest BCUT2D eigenvalue weighted by molar-refractivity contribution is 1.48. The van der Waals surface area contributed by atoms with Crippen LogP contribution in [0.2, 0.25) is 0 Å². The molecule has 0 aromatic heterocycles. The van der Waals surface area contributed by atoms with Gasteiger partial charge in [-0.05, 0) is 19.7 Å². The molecule has 0 aliphatic rings.